The Morgan fingerprint density at radius 3 is 2.47 bits per heavy atom. The number of piperazine rings is 1. The lowest BCUT2D eigenvalue weighted by Crippen LogP contribution is -2.50. The molecule has 0 atom stereocenters. The summed E-state index contributed by atoms with van der Waals surface area (Å²) in [6, 6.07) is 20.4. The van der Waals surface area contributed by atoms with Gasteiger partial charge in [-0.25, -0.2) is 8.42 Å². The molecule has 1 aliphatic heterocycles. The first kappa shape index (κ1) is 22.3. The van der Waals surface area contributed by atoms with Gasteiger partial charge in [0.15, 0.2) is 0 Å². The Balaban J connectivity index is 1.34. The minimum absolute atomic E-state index is 0.122. The maximum Gasteiger partial charge on any atom is 0.254 e. The second-order valence-corrected chi connectivity index (χ2v) is 10.2. The molecule has 1 fully saturated rings. The van der Waals surface area contributed by atoms with E-state index in [0.29, 0.717) is 31.0 Å². The van der Waals surface area contributed by atoms with Crippen LogP contribution in [0.25, 0.3) is 6.08 Å². The molecule has 1 amide bonds. The van der Waals surface area contributed by atoms with Gasteiger partial charge in [-0.1, -0.05) is 42.5 Å². The van der Waals surface area contributed by atoms with Crippen LogP contribution in [0.15, 0.2) is 77.5 Å². The van der Waals surface area contributed by atoms with Crippen molar-refractivity contribution in [3.63, 3.8) is 0 Å². The average Bonchev–Trinajstić information content (AvgIpc) is 3.36. The van der Waals surface area contributed by atoms with Crippen LogP contribution in [0.3, 0.4) is 0 Å². The lowest BCUT2D eigenvalue weighted by Gasteiger charge is -2.33. The average molecular weight is 469 g/mol. The third-order valence-electron chi connectivity index (χ3n) is 5.16. The van der Waals surface area contributed by atoms with Gasteiger partial charge in [0, 0.05) is 42.0 Å². The summed E-state index contributed by atoms with van der Waals surface area (Å²) in [6.45, 7) is 1.68. The van der Waals surface area contributed by atoms with Crippen LogP contribution in [0.1, 0.15) is 20.8 Å². The molecular weight excluding hydrogens is 444 g/mol. The summed E-state index contributed by atoms with van der Waals surface area (Å²) in [6.07, 6.45) is 1.59. The van der Waals surface area contributed by atoms with Crippen molar-refractivity contribution >= 4 is 33.3 Å². The van der Waals surface area contributed by atoms with Crippen molar-refractivity contribution in [2.45, 2.75) is 6.61 Å². The van der Waals surface area contributed by atoms with Gasteiger partial charge in [0.1, 0.15) is 12.4 Å². The van der Waals surface area contributed by atoms with Crippen LogP contribution in [0.4, 0.5) is 0 Å². The van der Waals surface area contributed by atoms with Crippen LogP contribution in [-0.4, -0.2) is 49.7 Å². The first-order chi connectivity index (χ1) is 15.5. The van der Waals surface area contributed by atoms with Crippen LogP contribution in [0.2, 0.25) is 0 Å². The van der Waals surface area contributed by atoms with E-state index in [0.717, 1.165) is 10.4 Å². The van der Waals surface area contributed by atoms with Crippen LogP contribution in [0.5, 0.6) is 5.75 Å². The van der Waals surface area contributed by atoms with E-state index in [1.54, 1.807) is 40.5 Å². The van der Waals surface area contributed by atoms with Crippen molar-refractivity contribution in [1.82, 2.24) is 9.21 Å². The van der Waals surface area contributed by atoms with Crippen molar-refractivity contribution in [2.24, 2.45) is 0 Å². The van der Waals surface area contributed by atoms with E-state index in [2.05, 4.69) is 0 Å². The van der Waals surface area contributed by atoms with Crippen LogP contribution in [-0.2, 0) is 16.6 Å². The SMILES string of the molecule is O=C(c1cccc(OCc2cccs2)c1)N1CCN(S(=O)(=O)/C=C/c2ccccc2)CC1. The lowest BCUT2D eigenvalue weighted by atomic mass is 10.1. The summed E-state index contributed by atoms with van der Waals surface area (Å²) >= 11 is 1.62. The molecule has 2 aromatic carbocycles. The second-order valence-electron chi connectivity index (χ2n) is 7.35. The largest absolute Gasteiger partial charge is 0.488 e. The Kier molecular flexibility index (Phi) is 7.04. The highest BCUT2D eigenvalue weighted by molar-refractivity contribution is 7.92. The minimum Gasteiger partial charge on any atom is -0.488 e. The first-order valence-corrected chi connectivity index (χ1v) is 12.7. The molecule has 0 N–H and O–H groups in total. The lowest BCUT2D eigenvalue weighted by molar-refractivity contribution is 0.0698. The van der Waals surface area contributed by atoms with Crippen molar-refractivity contribution in [1.29, 1.82) is 0 Å². The molecule has 166 valence electrons. The Labute approximate surface area is 192 Å². The fourth-order valence-corrected chi connectivity index (χ4v) is 5.20. The highest BCUT2D eigenvalue weighted by Crippen LogP contribution is 2.19. The quantitative estimate of drug-likeness (QED) is 0.524. The van der Waals surface area contributed by atoms with E-state index in [4.69, 9.17) is 4.74 Å². The molecule has 0 radical (unpaired) electrons. The Morgan fingerprint density at radius 1 is 0.969 bits per heavy atom. The molecule has 0 saturated carbocycles. The molecule has 0 spiro atoms. The summed E-state index contributed by atoms with van der Waals surface area (Å²) in [5, 5.41) is 3.23. The number of amides is 1. The van der Waals surface area contributed by atoms with Crippen LogP contribution >= 0.6 is 11.3 Å². The normalized spacial score (nSPS) is 15.2. The van der Waals surface area contributed by atoms with Crippen LogP contribution < -0.4 is 4.74 Å². The maximum atomic E-state index is 12.9. The summed E-state index contributed by atoms with van der Waals surface area (Å²) in [4.78, 5) is 15.7. The van der Waals surface area contributed by atoms with E-state index in [1.165, 1.54) is 9.71 Å². The zero-order valence-corrected chi connectivity index (χ0v) is 19.1. The molecule has 1 aromatic heterocycles. The molecule has 6 nitrogen and oxygen atoms in total. The zero-order valence-electron chi connectivity index (χ0n) is 17.5. The van der Waals surface area contributed by atoms with E-state index in [9.17, 15) is 13.2 Å². The number of carbonyl (C=O) groups excluding carboxylic acids is 1. The third kappa shape index (κ3) is 5.64. The number of carbonyl (C=O) groups is 1. The number of ether oxygens (including phenoxy) is 1. The molecule has 1 saturated heterocycles. The van der Waals surface area contributed by atoms with Crippen molar-refractivity contribution in [3.8, 4) is 5.75 Å². The smallest absolute Gasteiger partial charge is 0.254 e. The molecule has 32 heavy (non-hydrogen) atoms. The van der Waals surface area contributed by atoms with Gasteiger partial charge in [-0.2, -0.15) is 4.31 Å². The highest BCUT2D eigenvalue weighted by Gasteiger charge is 2.28. The van der Waals surface area contributed by atoms with Crippen LogP contribution in [0, 0.1) is 0 Å². The molecule has 2 heterocycles. The minimum atomic E-state index is -3.54. The van der Waals surface area contributed by atoms with Gasteiger partial charge < -0.3 is 9.64 Å². The van der Waals surface area contributed by atoms with E-state index in [-0.39, 0.29) is 19.0 Å². The monoisotopic (exact) mass is 468 g/mol. The van der Waals surface area contributed by atoms with Crippen molar-refractivity contribution in [2.75, 3.05) is 26.2 Å². The number of hydrogen-bond donors (Lipinski definition) is 0. The number of rotatable bonds is 7. The molecule has 4 rings (SSSR count). The zero-order chi connectivity index (χ0) is 22.4. The Bertz CT molecular complexity index is 1170. The molecule has 8 heteroatoms. The topological polar surface area (TPSA) is 66.9 Å². The van der Waals surface area contributed by atoms with Gasteiger partial charge in [-0.05, 0) is 41.3 Å². The summed E-state index contributed by atoms with van der Waals surface area (Å²) < 4.78 is 32.5. The fraction of sp³-hybridized carbons (Fsp3) is 0.208. The van der Waals surface area contributed by atoms with E-state index < -0.39 is 10.0 Å². The molecule has 1 aliphatic rings. The Hall–Kier alpha value is -2.94. The van der Waals surface area contributed by atoms with Gasteiger partial charge in [0.2, 0.25) is 10.0 Å². The predicted octanol–water partition coefficient (Wildman–Crippen LogP) is 4.09. The molecule has 0 unspecified atom stereocenters. The van der Waals surface area contributed by atoms with Gasteiger partial charge >= 0.3 is 0 Å². The van der Waals surface area contributed by atoms with Crippen molar-refractivity contribution in [3.05, 3.63) is 93.5 Å². The number of sulfonamides is 1. The van der Waals surface area contributed by atoms with Gasteiger partial charge in [-0.15, -0.1) is 11.3 Å². The number of thiophene rings is 1. The summed E-state index contributed by atoms with van der Waals surface area (Å²) in [7, 11) is -3.54. The van der Waals surface area contributed by atoms with Gasteiger partial charge in [-0.3, -0.25) is 4.79 Å². The summed E-state index contributed by atoms with van der Waals surface area (Å²) in [5.41, 5.74) is 1.36. The van der Waals surface area contributed by atoms with E-state index >= 15 is 0 Å². The second kappa shape index (κ2) is 10.1. The van der Waals surface area contributed by atoms with Gasteiger partial charge in [0.25, 0.3) is 5.91 Å². The highest BCUT2D eigenvalue weighted by atomic mass is 32.2. The number of hydrogen-bond acceptors (Lipinski definition) is 5. The van der Waals surface area contributed by atoms with Gasteiger partial charge in [0.05, 0.1) is 0 Å². The molecule has 0 bridgehead atoms. The predicted molar refractivity (Wildman–Crippen MR) is 127 cm³/mol. The molecule has 3 aromatic rings. The van der Waals surface area contributed by atoms with E-state index in [1.807, 2.05) is 53.9 Å². The van der Waals surface area contributed by atoms with Crippen molar-refractivity contribution < 1.29 is 17.9 Å². The molecular formula is C24H24N2O4S2. The number of nitrogens with zero attached hydrogens (tertiary/aromatic N) is 2. The standard InChI is InChI=1S/C24H24N2O4S2/c27-24(21-8-4-9-22(18-21)30-19-23-10-5-16-31-23)25-12-14-26(15-13-25)32(28,29)17-11-20-6-2-1-3-7-20/h1-11,16-18H,12-15,19H2/b17-11+. The first-order valence-electron chi connectivity index (χ1n) is 10.3. The third-order valence-corrected chi connectivity index (χ3v) is 7.57. The number of benzene rings is 2. The molecule has 0 aliphatic carbocycles. The Morgan fingerprint density at radius 2 is 1.75 bits per heavy atom. The summed E-state index contributed by atoms with van der Waals surface area (Å²) in [5.74, 6) is 0.514. The fourth-order valence-electron chi connectivity index (χ4n) is 3.41. The maximum absolute atomic E-state index is 12.9.